The van der Waals surface area contributed by atoms with Crippen LogP contribution in [0.4, 0.5) is 0 Å². The number of fused-ring (bicyclic) bond motifs is 1. The second-order valence-electron chi connectivity index (χ2n) is 5.82. The van der Waals surface area contributed by atoms with Gasteiger partial charge in [0.2, 0.25) is 0 Å². The van der Waals surface area contributed by atoms with Gasteiger partial charge < -0.3 is 4.57 Å². The fraction of sp³-hybridized carbons (Fsp3) is 0.278. The molecule has 3 rings (SSSR count). The lowest BCUT2D eigenvalue weighted by atomic mass is 10.1. The van der Waals surface area contributed by atoms with E-state index in [4.69, 9.17) is 6.42 Å². The standard InChI is InChI=1S/C18H18N4OS/c1-6-7-22-14-9-11(2)8-12(3)16(14)24-18(22)20-17(23)15-13(4)10-19-21(15)5/h1,8-10H,7H2,2-5H3. The van der Waals surface area contributed by atoms with E-state index >= 15 is 0 Å². The van der Waals surface area contributed by atoms with Crippen LogP contribution in [0.3, 0.4) is 0 Å². The molecule has 0 aliphatic rings. The predicted octanol–water partition coefficient (Wildman–Crippen LogP) is 2.74. The monoisotopic (exact) mass is 338 g/mol. The highest BCUT2D eigenvalue weighted by Crippen LogP contribution is 2.23. The van der Waals surface area contributed by atoms with Crippen molar-refractivity contribution in [3.8, 4) is 12.3 Å². The highest BCUT2D eigenvalue weighted by atomic mass is 32.1. The topological polar surface area (TPSA) is 52.2 Å². The second kappa shape index (κ2) is 6.10. The number of thiazole rings is 1. The van der Waals surface area contributed by atoms with Crippen molar-refractivity contribution in [3.63, 3.8) is 0 Å². The zero-order chi connectivity index (χ0) is 17.4. The van der Waals surface area contributed by atoms with Gasteiger partial charge in [0, 0.05) is 12.6 Å². The normalized spacial score (nSPS) is 11.9. The van der Waals surface area contributed by atoms with Gasteiger partial charge in [0.1, 0.15) is 5.69 Å². The fourth-order valence-corrected chi connectivity index (χ4v) is 3.91. The lowest BCUT2D eigenvalue weighted by Gasteiger charge is -2.03. The molecule has 1 amide bonds. The van der Waals surface area contributed by atoms with Crippen LogP contribution in [-0.4, -0.2) is 20.3 Å². The molecule has 2 aromatic heterocycles. The predicted molar refractivity (Wildman–Crippen MR) is 96.0 cm³/mol. The van der Waals surface area contributed by atoms with Gasteiger partial charge >= 0.3 is 0 Å². The third-order valence-electron chi connectivity index (χ3n) is 3.89. The molecule has 5 nitrogen and oxygen atoms in total. The molecule has 2 heterocycles. The largest absolute Gasteiger partial charge is 0.305 e. The Morgan fingerprint density at radius 2 is 2.08 bits per heavy atom. The third-order valence-corrected chi connectivity index (χ3v) is 5.11. The van der Waals surface area contributed by atoms with Crippen LogP contribution in [0.5, 0.6) is 0 Å². The van der Waals surface area contributed by atoms with Crippen molar-refractivity contribution in [2.45, 2.75) is 27.3 Å². The minimum atomic E-state index is -0.306. The maximum Gasteiger partial charge on any atom is 0.298 e. The lowest BCUT2D eigenvalue weighted by molar-refractivity contribution is 0.0988. The van der Waals surface area contributed by atoms with Crippen molar-refractivity contribution >= 4 is 27.5 Å². The molecule has 0 atom stereocenters. The minimum absolute atomic E-state index is 0.306. The average Bonchev–Trinajstić information content (AvgIpc) is 3.01. The molecule has 3 aromatic rings. The molecule has 0 saturated heterocycles. The number of hydrogen-bond donors (Lipinski definition) is 0. The first kappa shape index (κ1) is 16.2. The molecule has 6 heteroatoms. The van der Waals surface area contributed by atoms with Gasteiger partial charge in [0.15, 0.2) is 4.80 Å². The molecule has 0 aliphatic carbocycles. The Balaban J connectivity index is 2.26. The van der Waals surface area contributed by atoms with E-state index in [-0.39, 0.29) is 5.91 Å². The maximum atomic E-state index is 12.6. The van der Waals surface area contributed by atoms with Gasteiger partial charge in [0.05, 0.1) is 23.0 Å². The van der Waals surface area contributed by atoms with Crippen LogP contribution in [0.25, 0.3) is 10.2 Å². The average molecular weight is 338 g/mol. The summed E-state index contributed by atoms with van der Waals surface area (Å²) in [7, 11) is 1.74. The number of rotatable bonds is 2. The summed E-state index contributed by atoms with van der Waals surface area (Å²) in [5.74, 6) is 2.35. The quantitative estimate of drug-likeness (QED) is 0.675. The van der Waals surface area contributed by atoms with Gasteiger partial charge in [0.25, 0.3) is 5.91 Å². The molecule has 0 saturated carbocycles. The van der Waals surface area contributed by atoms with Crippen LogP contribution in [0.2, 0.25) is 0 Å². The number of hydrogen-bond acceptors (Lipinski definition) is 3. The number of terminal acetylenes is 1. The van der Waals surface area contributed by atoms with Crippen molar-refractivity contribution in [2.75, 3.05) is 0 Å². The Morgan fingerprint density at radius 1 is 1.33 bits per heavy atom. The van der Waals surface area contributed by atoms with Gasteiger partial charge in [-0.2, -0.15) is 10.1 Å². The summed E-state index contributed by atoms with van der Waals surface area (Å²) in [6, 6.07) is 4.20. The van der Waals surface area contributed by atoms with Gasteiger partial charge in [-0.05, 0) is 38.0 Å². The number of carbonyl (C=O) groups is 1. The molecule has 0 spiro atoms. The Labute approximate surface area is 144 Å². The summed E-state index contributed by atoms with van der Waals surface area (Å²) in [6.07, 6.45) is 7.19. The van der Waals surface area contributed by atoms with Gasteiger partial charge in [-0.25, -0.2) is 0 Å². The molecule has 0 bridgehead atoms. The molecule has 0 unspecified atom stereocenters. The zero-order valence-corrected chi connectivity index (χ0v) is 14.9. The first-order chi connectivity index (χ1) is 11.4. The highest BCUT2D eigenvalue weighted by Gasteiger charge is 2.15. The van der Waals surface area contributed by atoms with Crippen molar-refractivity contribution < 1.29 is 4.79 Å². The van der Waals surface area contributed by atoms with E-state index in [0.29, 0.717) is 17.0 Å². The first-order valence-corrected chi connectivity index (χ1v) is 8.35. The summed E-state index contributed by atoms with van der Waals surface area (Å²) < 4.78 is 4.57. The first-order valence-electron chi connectivity index (χ1n) is 7.54. The second-order valence-corrected chi connectivity index (χ2v) is 6.80. The Hall–Kier alpha value is -2.65. The summed E-state index contributed by atoms with van der Waals surface area (Å²) in [5.41, 5.74) is 4.63. The van der Waals surface area contributed by atoms with E-state index in [1.54, 1.807) is 17.9 Å². The Morgan fingerprint density at radius 3 is 2.71 bits per heavy atom. The number of benzene rings is 1. The Kier molecular flexibility index (Phi) is 4.12. The maximum absolute atomic E-state index is 12.6. The van der Waals surface area contributed by atoms with Crippen LogP contribution >= 0.6 is 11.3 Å². The van der Waals surface area contributed by atoms with E-state index in [2.05, 4.69) is 35.1 Å². The minimum Gasteiger partial charge on any atom is -0.305 e. The van der Waals surface area contributed by atoms with Crippen LogP contribution in [-0.2, 0) is 13.6 Å². The van der Waals surface area contributed by atoms with Crippen molar-refractivity contribution in [1.29, 1.82) is 0 Å². The van der Waals surface area contributed by atoms with Crippen molar-refractivity contribution in [2.24, 2.45) is 12.0 Å². The van der Waals surface area contributed by atoms with Crippen LogP contribution < -0.4 is 4.80 Å². The molecule has 0 radical (unpaired) electrons. The number of aryl methyl sites for hydroxylation is 4. The zero-order valence-electron chi connectivity index (χ0n) is 14.1. The molecule has 24 heavy (non-hydrogen) atoms. The molecule has 0 fully saturated rings. The highest BCUT2D eigenvalue weighted by molar-refractivity contribution is 7.16. The molecular weight excluding hydrogens is 320 g/mol. The van der Waals surface area contributed by atoms with Crippen molar-refractivity contribution in [1.82, 2.24) is 14.3 Å². The number of amides is 1. The summed E-state index contributed by atoms with van der Waals surface area (Å²) >= 11 is 1.49. The molecule has 0 N–H and O–H groups in total. The van der Waals surface area contributed by atoms with E-state index in [9.17, 15) is 4.79 Å². The van der Waals surface area contributed by atoms with E-state index < -0.39 is 0 Å². The number of aromatic nitrogens is 3. The van der Waals surface area contributed by atoms with Crippen molar-refractivity contribution in [3.05, 3.63) is 45.5 Å². The van der Waals surface area contributed by atoms with Crippen LogP contribution in [0.15, 0.2) is 23.3 Å². The molecule has 1 aromatic carbocycles. The molecule has 122 valence electrons. The van der Waals surface area contributed by atoms with Gasteiger partial charge in [-0.1, -0.05) is 23.3 Å². The number of nitrogens with zero attached hydrogens (tertiary/aromatic N) is 4. The fourth-order valence-electron chi connectivity index (χ4n) is 2.84. The van der Waals surface area contributed by atoms with E-state index in [1.165, 1.54) is 11.3 Å². The summed E-state index contributed by atoms with van der Waals surface area (Å²) in [6.45, 7) is 6.33. The van der Waals surface area contributed by atoms with Gasteiger partial charge in [-0.15, -0.1) is 6.42 Å². The van der Waals surface area contributed by atoms with E-state index in [0.717, 1.165) is 26.9 Å². The lowest BCUT2D eigenvalue weighted by Crippen LogP contribution is -2.18. The summed E-state index contributed by atoms with van der Waals surface area (Å²) in [4.78, 5) is 17.6. The Bertz CT molecular complexity index is 1040. The number of carbonyl (C=O) groups excluding carboxylic acids is 1. The SMILES string of the molecule is C#CCn1c(=NC(=O)c2c(C)cnn2C)sc2c(C)cc(C)cc21. The van der Waals surface area contributed by atoms with Crippen LogP contribution in [0.1, 0.15) is 27.2 Å². The van der Waals surface area contributed by atoms with Gasteiger partial charge in [-0.3, -0.25) is 9.48 Å². The van der Waals surface area contributed by atoms with Crippen LogP contribution in [0, 0.1) is 33.1 Å². The smallest absolute Gasteiger partial charge is 0.298 e. The molecule has 0 aliphatic heterocycles. The molecular formula is C18H18N4OS. The third kappa shape index (κ3) is 2.68. The summed E-state index contributed by atoms with van der Waals surface area (Å²) in [5, 5.41) is 4.11. The van der Waals surface area contributed by atoms with E-state index in [1.807, 2.05) is 18.4 Å².